The highest BCUT2D eigenvalue weighted by Crippen LogP contribution is 2.28. The first-order valence-corrected chi connectivity index (χ1v) is 10.0. The Hall–Kier alpha value is -1.60. The van der Waals surface area contributed by atoms with Crippen molar-refractivity contribution >= 4 is 24.2 Å². The molecular weight excluding hydrogens is 366 g/mol. The first-order chi connectivity index (χ1) is 12.7. The third-order valence-corrected chi connectivity index (χ3v) is 5.81. The van der Waals surface area contributed by atoms with Crippen LogP contribution in [0.15, 0.2) is 12.3 Å². The summed E-state index contributed by atoms with van der Waals surface area (Å²) in [7, 11) is 0. The minimum Gasteiger partial charge on any atom is -0.356 e. The van der Waals surface area contributed by atoms with E-state index in [2.05, 4.69) is 15.7 Å². The van der Waals surface area contributed by atoms with E-state index in [4.69, 9.17) is 0 Å². The number of hydrogen-bond donors (Lipinski definition) is 2. The Balaban J connectivity index is 0.00000210. The molecule has 2 amide bonds. The van der Waals surface area contributed by atoms with Gasteiger partial charge < -0.3 is 15.5 Å². The molecule has 0 radical (unpaired) electrons. The molecular formula is C19H30ClN5O2. The summed E-state index contributed by atoms with van der Waals surface area (Å²) < 4.78 is 1.92. The molecule has 0 aromatic carbocycles. The van der Waals surface area contributed by atoms with E-state index in [1.54, 1.807) is 4.90 Å². The maximum atomic E-state index is 12.8. The second-order valence-corrected chi connectivity index (χ2v) is 7.96. The van der Waals surface area contributed by atoms with E-state index in [0.29, 0.717) is 30.7 Å². The lowest BCUT2D eigenvalue weighted by atomic mass is 9.97. The average Bonchev–Trinajstić information content (AvgIpc) is 3.40. The molecule has 1 aromatic rings. The van der Waals surface area contributed by atoms with Crippen molar-refractivity contribution < 1.29 is 9.59 Å². The van der Waals surface area contributed by atoms with Gasteiger partial charge in [-0.2, -0.15) is 5.10 Å². The molecule has 3 heterocycles. The van der Waals surface area contributed by atoms with Gasteiger partial charge in [-0.05, 0) is 57.1 Å². The van der Waals surface area contributed by atoms with Gasteiger partial charge in [0.25, 0.3) is 5.91 Å². The molecule has 27 heavy (non-hydrogen) atoms. The zero-order valence-electron chi connectivity index (χ0n) is 15.7. The Labute approximate surface area is 166 Å². The van der Waals surface area contributed by atoms with Gasteiger partial charge in [0.15, 0.2) is 0 Å². The lowest BCUT2D eigenvalue weighted by Gasteiger charge is -2.31. The van der Waals surface area contributed by atoms with Crippen LogP contribution in [0.4, 0.5) is 0 Å². The molecule has 3 fully saturated rings. The molecule has 0 bridgehead atoms. The van der Waals surface area contributed by atoms with Crippen molar-refractivity contribution in [3.8, 4) is 0 Å². The van der Waals surface area contributed by atoms with Crippen molar-refractivity contribution in [3.05, 3.63) is 18.0 Å². The van der Waals surface area contributed by atoms with Crippen LogP contribution < -0.4 is 10.6 Å². The van der Waals surface area contributed by atoms with Crippen LogP contribution in [0.3, 0.4) is 0 Å². The molecule has 4 rings (SSSR count). The summed E-state index contributed by atoms with van der Waals surface area (Å²) in [5.74, 6) is 0.648. The Morgan fingerprint density at radius 2 is 2.07 bits per heavy atom. The Morgan fingerprint density at radius 1 is 1.22 bits per heavy atom. The van der Waals surface area contributed by atoms with Gasteiger partial charge in [-0.25, -0.2) is 0 Å². The van der Waals surface area contributed by atoms with Crippen LogP contribution in [0.5, 0.6) is 0 Å². The smallest absolute Gasteiger partial charge is 0.274 e. The standard InChI is InChI=1S/C19H29N5O2.ClH/c25-18(21-11-14-5-6-14)15-3-2-9-23(13-15)19(26)17-7-10-24(22-17)16-4-1-8-20-12-16;/h7,10,14-16,20H,1-6,8-9,11-13H2,(H,21,25);1H. The molecule has 1 aliphatic carbocycles. The van der Waals surface area contributed by atoms with Crippen LogP contribution in [-0.4, -0.2) is 59.2 Å². The maximum absolute atomic E-state index is 12.8. The SMILES string of the molecule is Cl.O=C(NCC1CC1)C1CCCN(C(=O)c2ccn(C3CCCNC3)n2)C1. The predicted molar refractivity (Wildman–Crippen MR) is 105 cm³/mol. The second kappa shape index (κ2) is 9.06. The summed E-state index contributed by atoms with van der Waals surface area (Å²) in [4.78, 5) is 27.0. The van der Waals surface area contributed by atoms with Crippen molar-refractivity contribution in [2.24, 2.45) is 11.8 Å². The van der Waals surface area contributed by atoms with Crippen molar-refractivity contribution in [2.75, 3.05) is 32.7 Å². The summed E-state index contributed by atoms with van der Waals surface area (Å²) >= 11 is 0. The van der Waals surface area contributed by atoms with E-state index >= 15 is 0 Å². The van der Waals surface area contributed by atoms with Gasteiger partial charge in [0.1, 0.15) is 5.69 Å². The van der Waals surface area contributed by atoms with E-state index < -0.39 is 0 Å². The van der Waals surface area contributed by atoms with Gasteiger partial charge in [-0.3, -0.25) is 14.3 Å². The van der Waals surface area contributed by atoms with Gasteiger partial charge in [0, 0.05) is 32.4 Å². The van der Waals surface area contributed by atoms with E-state index in [9.17, 15) is 9.59 Å². The zero-order chi connectivity index (χ0) is 17.9. The van der Waals surface area contributed by atoms with Crippen LogP contribution in [-0.2, 0) is 4.79 Å². The number of nitrogens with one attached hydrogen (secondary N) is 2. The molecule has 8 heteroatoms. The molecule has 0 spiro atoms. The van der Waals surface area contributed by atoms with E-state index in [-0.39, 0.29) is 30.1 Å². The topological polar surface area (TPSA) is 79.3 Å². The van der Waals surface area contributed by atoms with Crippen LogP contribution >= 0.6 is 12.4 Å². The third-order valence-electron chi connectivity index (χ3n) is 5.81. The number of piperidine rings is 2. The van der Waals surface area contributed by atoms with Gasteiger partial charge in [-0.15, -0.1) is 12.4 Å². The number of rotatable bonds is 5. The highest BCUT2D eigenvalue weighted by molar-refractivity contribution is 5.92. The Bertz CT molecular complexity index is 654. The predicted octanol–water partition coefficient (Wildman–Crippen LogP) is 1.61. The zero-order valence-corrected chi connectivity index (χ0v) is 16.5. The summed E-state index contributed by atoms with van der Waals surface area (Å²) in [6.45, 7) is 3.98. The highest BCUT2D eigenvalue weighted by atomic mass is 35.5. The van der Waals surface area contributed by atoms with E-state index in [1.807, 2.05) is 16.9 Å². The minimum atomic E-state index is -0.0870. The van der Waals surface area contributed by atoms with Crippen molar-refractivity contribution in [3.63, 3.8) is 0 Å². The van der Waals surface area contributed by atoms with Gasteiger partial charge in [-0.1, -0.05) is 0 Å². The summed E-state index contributed by atoms with van der Waals surface area (Å²) in [5.41, 5.74) is 0.495. The number of carbonyl (C=O) groups is 2. The third kappa shape index (κ3) is 5.02. The summed E-state index contributed by atoms with van der Waals surface area (Å²) in [6, 6.07) is 2.14. The monoisotopic (exact) mass is 395 g/mol. The van der Waals surface area contributed by atoms with Crippen molar-refractivity contribution in [1.82, 2.24) is 25.3 Å². The lowest BCUT2D eigenvalue weighted by molar-refractivity contribution is -0.126. The first kappa shape index (κ1) is 20.1. The first-order valence-electron chi connectivity index (χ1n) is 10.0. The van der Waals surface area contributed by atoms with Crippen LogP contribution in [0.1, 0.15) is 55.1 Å². The van der Waals surface area contributed by atoms with Crippen LogP contribution in [0.2, 0.25) is 0 Å². The molecule has 7 nitrogen and oxygen atoms in total. The number of nitrogens with zero attached hydrogens (tertiary/aromatic N) is 3. The number of likely N-dealkylation sites (tertiary alicyclic amines) is 1. The second-order valence-electron chi connectivity index (χ2n) is 7.96. The Morgan fingerprint density at radius 3 is 2.81 bits per heavy atom. The number of aromatic nitrogens is 2. The van der Waals surface area contributed by atoms with Crippen LogP contribution in [0.25, 0.3) is 0 Å². The largest absolute Gasteiger partial charge is 0.356 e. The molecule has 2 aliphatic heterocycles. The molecule has 150 valence electrons. The molecule has 2 unspecified atom stereocenters. The number of halogens is 1. The number of hydrogen-bond acceptors (Lipinski definition) is 4. The average molecular weight is 396 g/mol. The number of carbonyl (C=O) groups excluding carboxylic acids is 2. The van der Waals surface area contributed by atoms with Crippen molar-refractivity contribution in [2.45, 2.75) is 44.6 Å². The van der Waals surface area contributed by atoms with Gasteiger partial charge >= 0.3 is 0 Å². The lowest BCUT2D eigenvalue weighted by Crippen LogP contribution is -2.46. The fraction of sp³-hybridized carbons (Fsp3) is 0.737. The fourth-order valence-corrected chi connectivity index (χ4v) is 3.96. The van der Waals surface area contributed by atoms with Gasteiger partial charge in [0.05, 0.1) is 12.0 Å². The fourth-order valence-electron chi connectivity index (χ4n) is 3.96. The minimum absolute atomic E-state index is 0. The normalized spacial score (nSPS) is 25.6. The maximum Gasteiger partial charge on any atom is 0.274 e. The van der Waals surface area contributed by atoms with E-state index in [0.717, 1.165) is 45.3 Å². The molecule has 2 saturated heterocycles. The molecule has 1 aromatic heterocycles. The summed E-state index contributed by atoms with van der Waals surface area (Å²) in [6.07, 6.45) is 8.34. The number of amides is 2. The quantitative estimate of drug-likeness (QED) is 0.793. The van der Waals surface area contributed by atoms with Crippen molar-refractivity contribution in [1.29, 1.82) is 0 Å². The summed E-state index contributed by atoms with van der Waals surface area (Å²) in [5, 5.41) is 11.0. The van der Waals surface area contributed by atoms with Gasteiger partial charge in [0.2, 0.25) is 5.91 Å². The molecule has 2 atom stereocenters. The van der Waals surface area contributed by atoms with Crippen LogP contribution in [0, 0.1) is 11.8 Å². The highest BCUT2D eigenvalue weighted by Gasteiger charge is 2.31. The van der Waals surface area contributed by atoms with E-state index in [1.165, 1.54) is 12.8 Å². The molecule has 2 N–H and O–H groups in total. The molecule has 3 aliphatic rings. The Kier molecular flexibility index (Phi) is 6.76. The molecule has 1 saturated carbocycles.